The van der Waals surface area contributed by atoms with Gasteiger partial charge in [-0.1, -0.05) is 25.1 Å². The minimum absolute atomic E-state index is 0.190. The average Bonchev–Trinajstić information content (AvgIpc) is 2.95. The van der Waals surface area contributed by atoms with Crippen molar-refractivity contribution < 1.29 is 4.39 Å². The fourth-order valence-corrected chi connectivity index (χ4v) is 2.76. The van der Waals surface area contributed by atoms with E-state index in [1.807, 2.05) is 6.07 Å². The van der Waals surface area contributed by atoms with Crippen LogP contribution in [-0.4, -0.2) is 16.5 Å². The molecule has 1 aliphatic rings. The lowest BCUT2D eigenvalue weighted by Gasteiger charge is -2.12. The molecule has 0 unspecified atom stereocenters. The number of aryl methyl sites for hydroxylation is 1. The molecule has 0 saturated carbocycles. The first-order chi connectivity index (χ1) is 10.3. The van der Waals surface area contributed by atoms with Crippen molar-refractivity contribution in [2.75, 3.05) is 11.9 Å². The van der Waals surface area contributed by atoms with Gasteiger partial charge in [-0.05, 0) is 37.3 Å². The second kappa shape index (κ2) is 6.20. The number of hydrogen-bond donors (Lipinski definition) is 1. The van der Waals surface area contributed by atoms with Crippen LogP contribution in [0.25, 0.3) is 0 Å². The Hall–Kier alpha value is -1.97. The first-order valence-electron chi connectivity index (χ1n) is 7.64. The van der Waals surface area contributed by atoms with Crippen molar-refractivity contribution in [2.24, 2.45) is 0 Å². The number of nitrogens with zero attached hydrogens (tertiary/aromatic N) is 2. The molecular formula is C17H20FN3. The van der Waals surface area contributed by atoms with E-state index in [4.69, 9.17) is 0 Å². The molecule has 110 valence electrons. The topological polar surface area (TPSA) is 37.8 Å². The van der Waals surface area contributed by atoms with E-state index >= 15 is 0 Å². The number of nitrogens with one attached hydrogen (secondary N) is 1. The first-order valence-corrected chi connectivity index (χ1v) is 7.64. The zero-order valence-electron chi connectivity index (χ0n) is 12.3. The number of aromatic nitrogens is 2. The average molecular weight is 285 g/mol. The predicted molar refractivity (Wildman–Crippen MR) is 82.0 cm³/mol. The maximum Gasteiger partial charge on any atom is 0.135 e. The van der Waals surface area contributed by atoms with Crippen LogP contribution in [0.3, 0.4) is 0 Å². The van der Waals surface area contributed by atoms with E-state index in [0.29, 0.717) is 17.8 Å². The third kappa shape index (κ3) is 3.04. The zero-order chi connectivity index (χ0) is 14.7. The van der Waals surface area contributed by atoms with Gasteiger partial charge in [-0.15, -0.1) is 0 Å². The lowest BCUT2D eigenvalue weighted by molar-refractivity contribution is 0.612. The van der Waals surface area contributed by atoms with E-state index in [9.17, 15) is 4.39 Å². The highest BCUT2D eigenvalue weighted by molar-refractivity contribution is 5.49. The fourth-order valence-electron chi connectivity index (χ4n) is 2.76. The third-order valence-corrected chi connectivity index (χ3v) is 3.83. The Kier molecular flexibility index (Phi) is 4.13. The molecule has 4 heteroatoms. The van der Waals surface area contributed by atoms with Gasteiger partial charge in [-0.25, -0.2) is 14.4 Å². The van der Waals surface area contributed by atoms with Gasteiger partial charge in [-0.3, -0.25) is 0 Å². The molecule has 1 aromatic heterocycles. The largest absolute Gasteiger partial charge is 0.370 e. The van der Waals surface area contributed by atoms with Crippen molar-refractivity contribution >= 4 is 5.82 Å². The molecule has 0 aliphatic heterocycles. The standard InChI is InChI=1S/C17H20FN3/c1-2-10-19-17-13-7-5-9-15(13)20-16(21-17)11-12-6-3-4-8-14(12)18/h3-4,6,8H,2,5,7,9-11H2,1H3,(H,19,20,21). The summed E-state index contributed by atoms with van der Waals surface area (Å²) < 4.78 is 13.8. The molecule has 0 saturated heterocycles. The van der Waals surface area contributed by atoms with Crippen LogP contribution in [0.4, 0.5) is 10.2 Å². The number of hydrogen-bond acceptors (Lipinski definition) is 3. The van der Waals surface area contributed by atoms with Gasteiger partial charge in [-0.2, -0.15) is 0 Å². The predicted octanol–water partition coefficient (Wildman–Crippen LogP) is 3.52. The first kappa shape index (κ1) is 14.0. The normalized spacial score (nSPS) is 13.2. The SMILES string of the molecule is CCCNc1nc(Cc2ccccc2F)nc2c1CCC2. The summed E-state index contributed by atoms with van der Waals surface area (Å²) in [5, 5.41) is 3.39. The Morgan fingerprint density at radius 1 is 1.19 bits per heavy atom. The number of rotatable bonds is 5. The van der Waals surface area contributed by atoms with Crippen LogP contribution in [0.5, 0.6) is 0 Å². The van der Waals surface area contributed by atoms with Gasteiger partial charge in [0.1, 0.15) is 17.5 Å². The summed E-state index contributed by atoms with van der Waals surface area (Å²) in [5.74, 6) is 1.47. The Morgan fingerprint density at radius 2 is 2.05 bits per heavy atom. The van der Waals surface area contributed by atoms with Crippen molar-refractivity contribution in [3.63, 3.8) is 0 Å². The molecule has 21 heavy (non-hydrogen) atoms. The van der Waals surface area contributed by atoms with Gasteiger partial charge in [0.15, 0.2) is 0 Å². The van der Waals surface area contributed by atoms with E-state index in [1.54, 1.807) is 12.1 Å². The van der Waals surface area contributed by atoms with Crippen LogP contribution in [0.15, 0.2) is 24.3 Å². The summed E-state index contributed by atoms with van der Waals surface area (Å²) in [7, 11) is 0. The van der Waals surface area contributed by atoms with Gasteiger partial charge < -0.3 is 5.32 Å². The molecular weight excluding hydrogens is 265 g/mol. The number of halogens is 1. The lowest BCUT2D eigenvalue weighted by atomic mass is 10.1. The van der Waals surface area contributed by atoms with Crippen molar-refractivity contribution in [2.45, 2.75) is 39.0 Å². The maximum absolute atomic E-state index is 13.8. The summed E-state index contributed by atoms with van der Waals surface area (Å²) in [5.41, 5.74) is 3.03. The smallest absolute Gasteiger partial charge is 0.135 e. The summed E-state index contributed by atoms with van der Waals surface area (Å²) >= 11 is 0. The highest BCUT2D eigenvalue weighted by Crippen LogP contribution is 2.27. The summed E-state index contributed by atoms with van der Waals surface area (Å²) in [6, 6.07) is 6.84. The monoisotopic (exact) mass is 285 g/mol. The Morgan fingerprint density at radius 3 is 2.86 bits per heavy atom. The van der Waals surface area contributed by atoms with Crippen LogP contribution < -0.4 is 5.32 Å². The second-order valence-corrected chi connectivity index (χ2v) is 5.46. The zero-order valence-corrected chi connectivity index (χ0v) is 12.3. The molecule has 1 aliphatic carbocycles. The van der Waals surface area contributed by atoms with E-state index in [-0.39, 0.29) is 5.82 Å². The van der Waals surface area contributed by atoms with Gasteiger partial charge in [0.05, 0.1) is 0 Å². The Balaban J connectivity index is 1.90. The minimum Gasteiger partial charge on any atom is -0.370 e. The molecule has 0 bridgehead atoms. The van der Waals surface area contributed by atoms with E-state index in [2.05, 4.69) is 22.2 Å². The van der Waals surface area contributed by atoms with Crippen LogP contribution in [0, 0.1) is 5.82 Å². The summed E-state index contributed by atoms with van der Waals surface area (Å²) in [6.07, 6.45) is 4.68. The second-order valence-electron chi connectivity index (χ2n) is 5.46. The third-order valence-electron chi connectivity index (χ3n) is 3.83. The van der Waals surface area contributed by atoms with Gasteiger partial charge in [0.25, 0.3) is 0 Å². The molecule has 3 rings (SSSR count). The lowest BCUT2D eigenvalue weighted by Crippen LogP contribution is -2.10. The van der Waals surface area contributed by atoms with Crippen molar-refractivity contribution in [1.29, 1.82) is 0 Å². The van der Waals surface area contributed by atoms with Gasteiger partial charge in [0.2, 0.25) is 0 Å². The molecule has 0 spiro atoms. The molecule has 1 aromatic carbocycles. The Bertz CT molecular complexity index is 640. The number of fused-ring (bicyclic) bond motifs is 1. The fraction of sp³-hybridized carbons (Fsp3) is 0.412. The molecule has 0 radical (unpaired) electrons. The van der Waals surface area contributed by atoms with Crippen LogP contribution in [0.2, 0.25) is 0 Å². The van der Waals surface area contributed by atoms with E-state index < -0.39 is 0 Å². The summed E-state index contributed by atoms with van der Waals surface area (Å²) in [6.45, 7) is 3.04. The number of benzene rings is 1. The van der Waals surface area contributed by atoms with Crippen LogP contribution in [-0.2, 0) is 19.3 Å². The highest BCUT2D eigenvalue weighted by atomic mass is 19.1. The minimum atomic E-state index is -0.190. The molecule has 0 atom stereocenters. The van der Waals surface area contributed by atoms with Crippen LogP contribution >= 0.6 is 0 Å². The Labute approximate surface area is 124 Å². The highest BCUT2D eigenvalue weighted by Gasteiger charge is 2.19. The van der Waals surface area contributed by atoms with E-state index in [0.717, 1.165) is 43.7 Å². The molecule has 1 N–H and O–H groups in total. The van der Waals surface area contributed by atoms with Crippen molar-refractivity contribution in [3.8, 4) is 0 Å². The van der Waals surface area contributed by atoms with Crippen LogP contribution in [0.1, 0.15) is 42.4 Å². The summed E-state index contributed by atoms with van der Waals surface area (Å²) in [4.78, 5) is 9.27. The van der Waals surface area contributed by atoms with Crippen molar-refractivity contribution in [1.82, 2.24) is 9.97 Å². The molecule has 3 nitrogen and oxygen atoms in total. The molecule has 2 aromatic rings. The van der Waals surface area contributed by atoms with Gasteiger partial charge >= 0.3 is 0 Å². The quantitative estimate of drug-likeness (QED) is 0.913. The number of anilines is 1. The van der Waals surface area contributed by atoms with Crippen molar-refractivity contribution in [3.05, 3.63) is 52.7 Å². The van der Waals surface area contributed by atoms with E-state index in [1.165, 1.54) is 11.6 Å². The molecule has 1 heterocycles. The maximum atomic E-state index is 13.8. The molecule has 0 fully saturated rings. The van der Waals surface area contributed by atoms with Gasteiger partial charge in [0, 0.05) is 24.2 Å². The molecule has 0 amide bonds.